The second kappa shape index (κ2) is 8.85. The molecule has 0 saturated heterocycles. The average Bonchev–Trinajstić information content (AvgIpc) is 2.99. The summed E-state index contributed by atoms with van der Waals surface area (Å²) in [5.74, 6) is -0.0341. The molecule has 5 nitrogen and oxygen atoms in total. The number of rotatable bonds is 7. The van der Waals surface area contributed by atoms with E-state index in [1.54, 1.807) is 11.9 Å². The fraction of sp³-hybridized carbons (Fsp3) is 0.304. The predicted octanol–water partition coefficient (Wildman–Crippen LogP) is 3.67. The van der Waals surface area contributed by atoms with E-state index in [1.807, 2.05) is 54.1 Å². The van der Waals surface area contributed by atoms with Crippen LogP contribution in [-0.4, -0.2) is 45.9 Å². The molecule has 1 amide bonds. The number of carbonyl (C=O) groups excluding carboxylic acids is 1. The Hall–Kier alpha value is -2.92. The maximum absolute atomic E-state index is 12.5. The van der Waals surface area contributed by atoms with Crippen molar-refractivity contribution < 1.29 is 9.90 Å². The first-order valence-corrected chi connectivity index (χ1v) is 9.56. The molecule has 146 valence electrons. The smallest absolute Gasteiger partial charge is 0.253 e. The summed E-state index contributed by atoms with van der Waals surface area (Å²) in [6.07, 6.45) is 0.583. The molecular formula is C23H27N3O2. The molecule has 0 bridgehead atoms. The zero-order valence-corrected chi connectivity index (χ0v) is 16.7. The van der Waals surface area contributed by atoms with Gasteiger partial charge in [0.2, 0.25) is 0 Å². The van der Waals surface area contributed by atoms with Gasteiger partial charge in [-0.05, 0) is 43.5 Å². The molecule has 3 rings (SSSR count). The quantitative estimate of drug-likeness (QED) is 0.683. The minimum Gasteiger partial charge on any atom is -0.396 e. The lowest BCUT2D eigenvalue weighted by molar-refractivity contribution is 0.0786. The van der Waals surface area contributed by atoms with Crippen LogP contribution < -0.4 is 0 Å². The van der Waals surface area contributed by atoms with E-state index in [4.69, 9.17) is 10.2 Å². The zero-order chi connectivity index (χ0) is 20.1. The molecule has 1 aromatic heterocycles. The molecule has 1 N–H and O–H groups in total. The topological polar surface area (TPSA) is 58.4 Å². The lowest BCUT2D eigenvalue weighted by atomic mass is 10.0. The highest BCUT2D eigenvalue weighted by atomic mass is 16.3. The molecule has 0 radical (unpaired) electrons. The Labute approximate surface area is 166 Å². The highest BCUT2D eigenvalue weighted by Gasteiger charge is 2.15. The van der Waals surface area contributed by atoms with Crippen molar-refractivity contribution in [3.63, 3.8) is 0 Å². The number of aliphatic hydroxyl groups excluding tert-OH is 1. The first kappa shape index (κ1) is 19.8. The van der Waals surface area contributed by atoms with Crippen molar-refractivity contribution >= 4 is 5.91 Å². The normalized spacial score (nSPS) is 10.9. The summed E-state index contributed by atoms with van der Waals surface area (Å²) < 4.78 is 2.03. The van der Waals surface area contributed by atoms with E-state index >= 15 is 0 Å². The van der Waals surface area contributed by atoms with Gasteiger partial charge in [0.05, 0.1) is 12.2 Å². The van der Waals surface area contributed by atoms with Gasteiger partial charge in [0.1, 0.15) is 0 Å². The van der Waals surface area contributed by atoms with E-state index in [1.165, 1.54) is 5.56 Å². The fourth-order valence-corrected chi connectivity index (χ4v) is 3.43. The van der Waals surface area contributed by atoms with E-state index in [9.17, 15) is 4.79 Å². The van der Waals surface area contributed by atoms with Gasteiger partial charge in [-0.25, -0.2) is 0 Å². The van der Waals surface area contributed by atoms with Gasteiger partial charge in [-0.1, -0.05) is 42.5 Å². The summed E-state index contributed by atoms with van der Waals surface area (Å²) >= 11 is 0. The first-order chi connectivity index (χ1) is 13.5. The van der Waals surface area contributed by atoms with Crippen molar-refractivity contribution in [2.24, 2.45) is 0 Å². The molecule has 3 aromatic rings. The highest BCUT2D eigenvalue weighted by Crippen LogP contribution is 2.28. The molecule has 0 aliphatic heterocycles. The summed E-state index contributed by atoms with van der Waals surface area (Å²) in [5.41, 5.74) is 6.13. The highest BCUT2D eigenvalue weighted by molar-refractivity contribution is 5.94. The molecule has 0 aliphatic rings. The van der Waals surface area contributed by atoms with Crippen LogP contribution in [0.1, 0.15) is 33.7 Å². The Morgan fingerprint density at radius 2 is 1.75 bits per heavy atom. The molecule has 0 aliphatic carbocycles. The molecule has 5 heteroatoms. The molecule has 0 saturated carbocycles. The third kappa shape index (κ3) is 4.31. The number of hydrogen-bond acceptors (Lipinski definition) is 3. The standard InChI is InChI=1S/C23H27N3O2/c1-17-22(18(2)26(24-17)16-19-8-5-4-6-9-19)20-10-12-21(13-11-20)23(28)25(3)14-7-15-27/h4-6,8-13,27H,7,14-16H2,1-3H3. The van der Waals surface area contributed by atoms with Gasteiger partial charge in [0.15, 0.2) is 0 Å². The molecule has 0 spiro atoms. The number of aromatic nitrogens is 2. The molecule has 0 unspecified atom stereocenters. The molecule has 0 atom stereocenters. The minimum atomic E-state index is -0.0341. The maximum Gasteiger partial charge on any atom is 0.253 e. The largest absolute Gasteiger partial charge is 0.396 e. The van der Waals surface area contributed by atoms with Gasteiger partial charge >= 0.3 is 0 Å². The Kier molecular flexibility index (Phi) is 6.26. The molecule has 2 aromatic carbocycles. The van der Waals surface area contributed by atoms with Crippen LogP contribution in [0.25, 0.3) is 11.1 Å². The van der Waals surface area contributed by atoms with Crippen molar-refractivity contribution in [2.75, 3.05) is 20.2 Å². The average molecular weight is 377 g/mol. The Balaban J connectivity index is 1.81. The molecule has 28 heavy (non-hydrogen) atoms. The molecule has 1 heterocycles. The number of carbonyl (C=O) groups is 1. The van der Waals surface area contributed by atoms with E-state index in [2.05, 4.69) is 19.1 Å². The Morgan fingerprint density at radius 3 is 2.39 bits per heavy atom. The maximum atomic E-state index is 12.5. The van der Waals surface area contributed by atoms with E-state index < -0.39 is 0 Å². The van der Waals surface area contributed by atoms with Gasteiger partial charge in [-0.3, -0.25) is 9.48 Å². The van der Waals surface area contributed by atoms with E-state index in [0.29, 0.717) is 18.5 Å². The van der Waals surface area contributed by atoms with Crippen molar-refractivity contribution in [1.82, 2.24) is 14.7 Å². The van der Waals surface area contributed by atoms with Crippen molar-refractivity contribution in [1.29, 1.82) is 0 Å². The summed E-state index contributed by atoms with van der Waals surface area (Å²) in [7, 11) is 1.76. The number of benzene rings is 2. The monoisotopic (exact) mass is 377 g/mol. The van der Waals surface area contributed by atoms with Crippen LogP contribution in [0.3, 0.4) is 0 Å². The van der Waals surface area contributed by atoms with E-state index in [-0.39, 0.29) is 12.5 Å². The molecule has 0 fully saturated rings. The second-order valence-electron chi connectivity index (χ2n) is 7.07. The zero-order valence-electron chi connectivity index (χ0n) is 16.7. The Bertz CT molecular complexity index is 930. The fourth-order valence-electron chi connectivity index (χ4n) is 3.43. The third-order valence-corrected chi connectivity index (χ3v) is 4.98. The lowest BCUT2D eigenvalue weighted by Gasteiger charge is -2.16. The third-order valence-electron chi connectivity index (χ3n) is 4.98. The van der Waals surface area contributed by atoms with Crippen LogP contribution >= 0.6 is 0 Å². The van der Waals surface area contributed by atoms with Crippen LogP contribution in [0.15, 0.2) is 54.6 Å². The van der Waals surface area contributed by atoms with Gasteiger partial charge in [-0.2, -0.15) is 5.10 Å². The van der Waals surface area contributed by atoms with Crippen LogP contribution in [-0.2, 0) is 6.54 Å². The summed E-state index contributed by atoms with van der Waals surface area (Å²) in [6, 6.07) is 18.0. The van der Waals surface area contributed by atoms with Crippen LogP contribution in [0.5, 0.6) is 0 Å². The van der Waals surface area contributed by atoms with Crippen LogP contribution in [0.4, 0.5) is 0 Å². The van der Waals surface area contributed by atoms with Gasteiger partial charge < -0.3 is 10.0 Å². The summed E-state index contributed by atoms with van der Waals surface area (Å²) in [4.78, 5) is 14.1. The summed E-state index contributed by atoms with van der Waals surface area (Å²) in [6.45, 7) is 5.47. The summed E-state index contributed by atoms with van der Waals surface area (Å²) in [5, 5.41) is 13.7. The predicted molar refractivity (Wildman–Crippen MR) is 111 cm³/mol. The SMILES string of the molecule is Cc1nn(Cc2ccccc2)c(C)c1-c1ccc(C(=O)N(C)CCCO)cc1. The van der Waals surface area contributed by atoms with Gasteiger partial charge in [0.25, 0.3) is 5.91 Å². The second-order valence-corrected chi connectivity index (χ2v) is 7.07. The number of hydrogen-bond donors (Lipinski definition) is 1. The van der Waals surface area contributed by atoms with E-state index in [0.717, 1.165) is 29.1 Å². The minimum absolute atomic E-state index is 0.0341. The van der Waals surface area contributed by atoms with Crippen LogP contribution in [0, 0.1) is 13.8 Å². The van der Waals surface area contributed by atoms with Gasteiger partial charge in [-0.15, -0.1) is 0 Å². The lowest BCUT2D eigenvalue weighted by Crippen LogP contribution is -2.28. The van der Waals surface area contributed by atoms with Gasteiger partial charge in [0, 0.05) is 37.0 Å². The Morgan fingerprint density at radius 1 is 1.07 bits per heavy atom. The van der Waals surface area contributed by atoms with Crippen molar-refractivity contribution in [3.8, 4) is 11.1 Å². The van der Waals surface area contributed by atoms with Crippen molar-refractivity contribution in [3.05, 3.63) is 77.1 Å². The van der Waals surface area contributed by atoms with Crippen LogP contribution in [0.2, 0.25) is 0 Å². The number of aryl methyl sites for hydroxylation is 1. The number of aliphatic hydroxyl groups is 1. The number of amides is 1. The molecular weight excluding hydrogens is 350 g/mol. The number of nitrogens with zero attached hydrogens (tertiary/aromatic N) is 3. The van der Waals surface area contributed by atoms with Crippen molar-refractivity contribution in [2.45, 2.75) is 26.8 Å². The first-order valence-electron chi connectivity index (χ1n) is 9.56.